The lowest BCUT2D eigenvalue weighted by molar-refractivity contribution is -0.158. The Morgan fingerprint density at radius 1 is 0.762 bits per heavy atom. The molecular formula is C30H52B2O10. The first-order valence-electron chi connectivity index (χ1n) is 15.1. The van der Waals surface area contributed by atoms with Crippen LogP contribution in [0.25, 0.3) is 0 Å². The maximum atomic E-state index is 12.6. The Hall–Kier alpha value is -1.88. The molecule has 10 nitrogen and oxygen atoms in total. The summed E-state index contributed by atoms with van der Waals surface area (Å²) in [7, 11) is 0.953. The van der Waals surface area contributed by atoms with Crippen molar-refractivity contribution in [2.75, 3.05) is 20.8 Å². The third-order valence-corrected chi connectivity index (χ3v) is 9.14. The van der Waals surface area contributed by atoms with E-state index in [1.165, 1.54) is 14.2 Å². The number of carbonyl (C=O) groups excluding carboxylic acids is 3. The van der Waals surface area contributed by atoms with Crippen molar-refractivity contribution >= 4 is 32.1 Å². The molecule has 0 aromatic heterocycles. The maximum absolute atomic E-state index is 12.6. The first kappa shape index (κ1) is 36.3. The van der Waals surface area contributed by atoms with E-state index in [4.69, 9.17) is 32.8 Å². The Balaban J connectivity index is 2.58. The zero-order valence-corrected chi connectivity index (χ0v) is 27.8. The first-order chi connectivity index (χ1) is 19.3. The smallest absolute Gasteiger partial charge is 0.468 e. The summed E-state index contributed by atoms with van der Waals surface area (Å²) < 4.78 is 41.4. The van der Waals surface area contributed by atoms with Crippen LogP contribution in [0.15, 0.2) is 11.0 Å². The minimum absolute atomic E-state index is 0.0216. The summed E-state index contributed by atoms with van der Waals surface area (Å²) in [5.74, 6) is -3.26. The molecule has 0 aliphatic carbocycles. The van der Waals surface area contributed by atoms with Crippen LogP contribution in [0.3, 0.4) is 0 Å². The Labute approximate surface area is 253 Å². The maximum Gasteiger partial charge on any atom is 0.490 e. The highest BCUT2D eigenvalue weighted by Crippen LogP contribution is 2.48. The molecule has 2 fully saturated rings. The van der Waals surface area contributed by atoms with E-state index in [9.17, 15) is 14.4 Å². The van der Waals surface area contributed by atoms with Gasteiger partial charge in [0.05, 0.1) is 43.2 Å². The van der Waals surface area contributed by atoms with Crippen LogP contribution in [-0.4, -0.2) is 75.4 Å². The van der Waals surface area contributed by atoms with Crippen molar-refractivity contribution < 1.29 is 47.2 Å². The SMILES string of the molecule is CCCCOC(=O)CCCC(B1OC(C)(C)C(C)(C)O1)/C(B1OC(C)(C)C(C)(C)O1)=C(\C)CC(C(=O)OC)C(=O)OC. The summed E-state index contributed by atoms with van der Waals surface area (Å²) >= 11 is 0. The molecule has 0 aromatic rings. The fourth-order valence-electron chi connectivity index (χ4n) is 4.99. The van der Waals surface area contributed by atoms with Gasteiger partial charge < -0.3 is 32.8 Å². The van der Waals surface area contributed by atoms with Gasteiger partial charge >= 0.3 is 32.1 Å². The van der Waals surface area contributed by atoms with Crippen molar-refractivity contribution in [2.45, 2.75) is 136 Å². The van der Waals surface area contributed by atoms with Gasteiger partial charge in [-0.1, -0.05) is 18.9 Å². The van der Waals surface area contributed by atoms with Gasteiger partial charge in [-0.05, 0) is 93.5 Å². The molecule has 0 amide bonds. The Morgan fingerprint density at radius 3 is 1.69 bits per heavy atom. The lowest BCUT2D eigenvalue weighted by atomic mass is 9.54. The molecule has 2 aliphatic rings. The second-order valence-electron chi connectivity index (χ2n) is 13.3. The van der Waals surface area contributed by atoms with Crippen LogP contribution >= 0.6 is 0 Å². The van der Waals surface area contributed by atoms with Crippen molar-refractivity contribution in [1.82, 2.24) is 0 Å². The van der Waals surface area contributed by atoms with Gasteiger partial charge in [-0.25, -0.2) is 0 Å². The van der Waals surface area contributed by atoms with E-state index < -0.39 is 60.3 Å². The molecule has 2 aliphatic heterocycles. The Bertz CT molecular complexity index is 956. The topological polar surface area (TPSA) is 116 Å². The van der Waals surface area contributed by atoms with Crippen molar-refractivity contribution in [2.24, 2.45) is 5.92 Å². The first-order valence-corrected chi connectivity index (χ1v) is 15.1. The van der Waals surface area contributed by atoms with E-state index in [0.29, 0.717) is 30.5 Å². The molecule has 2 saturated heterocycles. The van der Waals surface area contributed by atoms with E-state index in [1.807, 2.05) is 69.2 Å². The number of carbonyl (C=O) groups is 3. The fraction of sp³-hybridized carbons (Fsp3) is 0.833. The molecule has 0 bridgehead atoms. The van der Waals surface area contributed by atoms with Gasteiger partial charge in [0.25, 0.3) is 0 Å². The van der Waals surface area contributed by atoms with E-state index in [0.717, 1.165) is 12.8 Å². The average molecular weight is 594 g/mol. The largest absolute Gasteiger partial charge is 0.490 e. The second-order valence-corrected chi connectivity index (χ2v) is 13.3. The molecule has 0 saturated carbocycles. The van der Waals surface area contributed by atoms with Crippen LogP contribution in [0.2, 0.25) is 5.82 Å². The third kappa shape index (κ3) is 8.39. The van der Waals surface area contributed by atoms with E-state index in [2.05, 4.69) is 0 Å². The molecule has 0 radical (unpaired) electrons. The molecule has 1 unspecified atom stereocenters. The van der Waals surface area contributed by atoms with E-state index in [1.54, 1.807) is 0 Å². The summed E-state index contributed by atoms with van der Waals surface area (Å²) in [6, 6.07) is 0. The third-order valence-electron chi connectivity index (χ3n) is 9.14. The number of hydrogen-bond acceptors (Lipinski definition) is 10. The fourth-order valence-corrected chi connectivity index (χ4v) is 4.99. The molecular weight excluding hydrogens is 542 g/mol. The zero-order chi connectivity index (χ0) is 32.1. The molecule has 2 heterocycles. The number of allylic oxidation sites excluding steroid dienone is 2. The predicted molar refractivity (Wildman–Crippen MR) is 160 cm³/mol. The number of ether oxygens (including phenoxy) is 3. The van der Waals surface area contributed by atoms with Crippen molar-refractivity contribution in [3.63, 3.8) is 0 Å². The predicted octanol–water partition coefficient (Wildman–Crippen LogP) is 5.26. The molecule has 0 aromatic carbocycles. The van der Waals surface area contributed by atoms with E-state index in [-0.39, 0.29) is 18.8 Å². The van der Waals surface area contributed by atoms with Gasteiger partial charge in [-0.3, -0.25) is 14.4 Å². The normalized spacial score (nSPS) is 21.6. The number of methoxy groups -OCH3 is 2. The molecule has 0 N–H and O–H groups in total. The summed E-state index contributed by atoms with van der Waals surface area (Å²) in [4.78, 5) is 37.8. The minimum atomic E-state index is -1.18. The second kappa shape index (κ2) is 14.3. The van der Waals surface area contributed by atoms with Crippen molar-refractivity contribution in [3.05, 3.63) is 11.0 Å². The van der Waals surface area contributed by atoms with Crippen LogP contribution in [0.5, 0.6) is 0 Å². The van der Waals surface area contributed by atoms with Crippen molar-refractivity contribution in [1.29, 1.82) is 0 Å². The van der Waals surface area contributed by atoms with Crippen LogP contribution in [0, 0.1) is 5.92 Å². The quantitative estimate of drug-likeness (QED) is 0.0867. The van der Waals surface area contributed by atoms with Crippen LogP contribution in [0.1, 0.15) is 108 Å². The van der Waals surface area contributed by atoms with Crippen molar-refractivity contribution in [3.8, 4) is 0 Å². The highest BCUT2D eigenvalue weighted by atomic mass is 16.7. The molecule has 42 heavy (non-hydrogen) atoms. The van der Waals surface area contributed by atoms with Gasteiger partial charge in [0.15, 0.2) is 5.92 Å². The molecule has 2 rings (SSSR count). The van der Waals surface area contributed by atoms with Crippen LogP contribution in [-0.2, 0) is 47.2 Å². The lowest BCUT2D eigenvalue weighted by Crippen LogP contribution is -2.41. The Kier molecular flexibility index (Phi) is 12.3. The Morgan fingerprint density at radius 2 is 1.24 bits per heavy atom. The molecule has 238 valence electrons. The van der Waals surface area contributed by atoms with Gasteiger partial charge in [0.1, 0.15) is 0 Å². The zero-order valence-electron chi connectivity index (χ0n) is 27.8. The summed E-state index contributed by atoms with van der Waals surface area (Å²) in [5, 5.41) is 0. The molecule has 0 spiro atoms. The number of esters is 3. The number of rotatable bonds is 14. The van der Waals surface area contributed by atoms with Gasteiger partial charge in [-0.15, -0.1) is 0 Å². The van der Waals surface area contributed by atoms with Gasteiger partial charge in [-0.2, -0.15) is 0 Å². The summed E-state index contributed by atoms with van der Waals surface area (Å²) in [6.07, 6.45) is 2.98. The van der Waals surface area contributed by atoms with Gasteiger partial charge in [0, 0.05) is 12.2 Å². The summed E-state index contributed by atoms with van der Waals surface area (Å²) in [5.41, 5.74) is -1.15. The highest BCUT2D eigenvalue weighted by molar-refractivity contribution is 6.61. The highest BCUT2D eigenvalue weighted by Gasteiger charge is 2.59. The summed E-state index contributed by atoms with van der Waals surface area (Å²) in [6.45, 7) is 20.0. The monoisotopic (exact) mass is 594 g/mol. The lowest BCUT2D eigenvalue weighted by Gasteiger charge is -2.32. The number of unbranched alkanes of at least 4 members (excludes halogenated alkanes) is 1. The minimum Gasteiger partial charge on any atom is -0.468 e. The number of hydrogen-bond donors (Lipinski definition) is 0. The average Bonchev–Trinajstić information content (AvgIpc) is 3.24. The standard InChI is InChI=1S/C30H52B2O10/c1-13-14-18-38-23(33)17-15-16-22(31-39-27(3,4)28(5,6)40-31)24(32-41-29(7,8)30(9,10)42-32)20(2)19-21(25(34)36-11)26(35)37-12/h21-22H,13-19H2,1-12H3/b24-20-. The van der Waals surface area contributed by atoms with Crippen LogP contribution in [0.4, 0.5) is 0 Å². The van der Waals surface area contributed by atoms with Gasteiger partial charge in [0.2, 0.25) is 0 Å². The van der Waals surface area contributed by atoms with Crippen LogP contribution < -0.4 is 0 Å². The van der Waals surface area contributed by atoms with E-state index >= 15 is 0 Å². The molecule has 12 heteroatoms. The molecule has 1 atom stereocenters.